The zero-order valence-corrected chi connectivity index (χ0v) is 73.7. The fourth-order valence-electron chi connectivity index (χ4n) is 16.9. The molecule has 684 valence electrons. The third-order valence-corrected chi connectivity index (χ3v) is 26.6. The number of hydrogen-bond acceptors (Lipinski definition) is 21. The number of halogens is 15. The van der Waals surface area contributed by atoms with Crippen LogP contribution in [-0.4, -0.2) is 221 Å². The molecule has 3 amide bonds. The number of methoxy groups -OCH3 is 3. The molecule has 0 saturated carbocycles. The minimum Gasteiger partial charge on any atom is -0.382 e. The van der Waals surface area contributed by atoms with Gasteiger partial charge >= 0.3 is 35.6 Å². The molecular formula is C86H85Cl2F13N12O12S3. The fourth-order valence-corrected chi connectivity index (χ4v) is 21.1. The summed E-state index contributed by atoms with van der Waals surface area (Å²) >= 11 is 15.2. The van der Waals surface area contributed by atoms with E-state index in [1.807, 2.05) is 13.8 Å². The second-order valence-corrected chi connectivity index (χ2v) is 34.8. The van der Waals surface area contributed by atoms with Crippen LogP contribution >= 0.6 is 58.5 Å². The molecule has 9 aromatic rings. The first-order valence-electron chi connectivity index (χ1n) is 39.9. The average molecular weight is 1890 g/mol. The van der Waals surface area contributed by atoms with E-state index in [4.69, 9.17) is 51.6 Å². The summed E-state index contributed by atoms with van der Waals surface area (Å²) in [6.45, 7) is 20.1. The zero-order chi connectivity index (χ0) is 92.6. The quantitative estimate of drug-likeness (QED) is 0.0241. The molecule has 6 aliphatic heterocycles. The van der Waals surface area contributed by atoms with Gasteiger partial charge in [-0.2, -0.15) is 54.5 Å². The van der Waals surface area contributed by atoms with E-state index in [0.717, 1.165) is 72.1 Å². The van der Waals surface area contributed by atoms with E-state index in [2.05, 4.69) is 34.7 Å². The number of rotatable bonds is 19. The van der Waals surface area contributed by atoms with Gasteiger partial charge in [0.1, 0.15) is 54.3 Å². The summed E-state index contributed by atoms with van der Waals surface area (Å²) in [6.07, 6.45) is -12.7. The maximum absolute atomic E-state index is 15.3. The Hall–Kier alpha value is -9.75. The third kappa shape index (κ3) is 19.8. The summed E-state index contributed by atoms with van der Waals surface area (Å²) in [5.41, 5.74) is -5.71. The van der Waals surface area contributed by atoms with Gasteiger partial charge in [-0.25, -0.2) is 31.9 Å². The number of carbonyl (C=O) groups excluding carboxylic acids is 3. The number of hydrogen-bond donors (Lipinski definition) is 0. The van der Waals surface area contributed by atoms with Crippen LogP contribution in [-0.2, 0) is 81.0 Å². The van der Waals surface area contributed by atoms with E-state index in [9.17, 15) is 81.5 Å². The summed E-state index contributed by atoms with van der Waals surface area (Å²) in [5, 5.41) is -0.592. The monoisotopic (exact) mass is 1890 g/mol. The molecule has 0 bridgehead atoms. The van der Waals surface area contributed by atoms with Crippen molar-refractivity contribution in [1.29, 1.82) is 0 Å². The van der Waals surface area contributed by atoms with Gasteiger partial charge in [0, 0.05) is 174 Å². The lowest BCUT2D eigenvalue weighted by molar-refractivity contribution is -0.137. The molecule has 128 heavy (non-hydrogen) atoms. The molecule has 7 atom stereocenters. The molecule has 0 radical (unpaired) electrons. The summed E-state index contributed by atoms with van der Waals surface area (Å²) in [6, 6.07) is 10.9. The number of carbonyl (C=O) groups is 3. The number of anilines is 3. The van der Waals surface area contributed by atoms with Gasteiger partial charge in [0.15, 0.2) is 0 Å². The van der Waals surface area contributed by atoms with Crippen molar-refractivity contribution in [1.82, 2.24) is 43.4 Å². The van der Waals surface area contributed by atoms with Crippen LogP contribution in [0.15, 0.2) is 140 Å². The Morgan fingerprint density at radius 2 is 0.820 bits per heavy atom. The number of alkyl halides is 9. The molecule has 3 unspecified atom stereocenters. The van der Waals surface area contributed by atoms with Gasteiger partial charge in [0.25, 0.3) is 0 Å². The summed E-state index contributed by atoms with van der Waals surface area (Å²) in [4.78, 5) is 101. The second kappa shape index (κ2) is 39.5. The number of aromatic nitrogens is 6. The molecule has 6 aromatic carbocycles. The summed E-state index contributed by atoms with van der Waals surface area (Å²) in [7, 11) is 4.37. The van der Waals surface area contributed by atoms with E-state index in [1.165, 1.54) is 83.2 Å². The Morgan fingerprint density at radius 1 is 0.445 bits per heavy atom. The molecule has 0 aliphatic carbocycles. The van der Waals surface area contributed by atoms with Gasteiger partial charge in [-0.1, -0.05) is 61.1 Å². The van der Waals surface area contributed by atoms with Crippen LogP contribution in [0.25, 0.3) is 66.1 Å². The van der Waals surface area contributed by atoms with Crippen LogP contribution in [0.1, 0.15) is 44.4 Å². The summed E-state index contributed by atoms with van der Waals surface area (Å²) < 4.78 is 227. The Labute approximate surface area is 746 Å². The minimum absolute atomic E-state index is 0.00146. The Bertz CT molecular complexity index is 5980. The topological polar surface area (TPSA) is 231 Å². The summed E-state index contributed by atoms with van der Waals surface area (Å²) in [5.74, 6) is -3.76. The highest BCUT2D eigenvalue weighted by Gasteiger charge is 2.45. The van der Waals surface area contributed by atoms with Crippen molar-refractivity contribution >= 4 is 126 Å². The first kappa shape index (κ1) is 95.8. The van der Waals surface area contributed by atoms with Gasteiger partial charge in [0.05, 0.1) is 94.4 Å². The normalized spacial score (nSPS) is 19.7. The number of ether oxygens (including phenoxy) is 6. The SMILES string of the molecule is C=CC(=O)N1CCN(c2nc(=O)n3c4c(c(-c5ccc(F)cc5)c(C(F)(F)F)cc24)SCC(OCCOC)C3)CC1.C=CC(=O)N1[C@H](C)CN(c2nc(=O)n3c4c(c(-c5cc(Cl)c(F)cc5F)c(C(F)(F)F)cc24)SCC(OCOC)C3)C[C@@H]1C.C=CC(=O)N1[C@H](C)CN(c2nc(=O)n3c4c(c(-c5ccc(F)c(Cl)c5)c(C(F)(F)F)cc24)SCC(OCOC)C3)C[C@@H]1C. The van der Waals surface area contributed by atoms with Crippen molar-refractivity contribution < 1.29 is 99.9 Å². The van der Waals surface area contributed by atoms with E-state index >= 15 is 4.39 Å². The Kier molecular flexibility index (Phi) is 29.6. The molecule has 0 N–H and O–H groups in total. The highest BCUT2D eigenvalue weighted by atomic mass is 35.5. The maximum Gasteiger partial charge on any atom is 0.417 e. The van der Waals surface area contributed by atoms with E-state index < -0.39 is 122 Å². The van der Waals surface area contributed by atoms with Gasteiger partial charge in [-0.3, -0.25) is 28.1 Å². The lowest BCUT2D eigenvalue weighted by atomic mass is 9.95. The molecule has 3 fully saturated rings. The highest BCUT2D eigenvalue weighted by molar-refractivity contribution is 8.00. The third-order valence-electron chi connectivity index (χ3n) is 22.4. The van der Waals surface area contributed by atoms with Crippen molar-refractivity contribution in [3.05, 3.63) is 192 Å². The molecule has 24 nitrogen and oxygen atoms in total. The van der Waals surface area contributed by atoms with Crippen molar-refractivity contribution in [3.8, 4) is 33.4 Å². The number of thioether (sulfide) groups is 3. The van der Waals surface area contributed by atoms with Crippen molar-refractivity contribution in [2.24, 2.45) is 0 Å². The van der Waals surface area contributed by atoms with Gasteiger partial charge in [-0.05, 0) is 106 Å². The van der Waals surface area contributed by atoms with Crippen LogP contribution in [0.2, 0.25) is 10.0 Å². The molecule has 0 spiro atoms. The van der Waals surface area contributed by atoms with Crippen LogP contribution < -0.4 is 31.8 Å². The van der Waals surface area contributed by atoms with Gasteiger partial charge < -0.3 is 57.8 Å². The lowest BCUT2D eigenvalue weighted by Gasteiger charge is -2.44. The van der Waals surface area contributed by atoms with Gasteiger partial charge in [-0.15, -0.1) is 35.3 Å². The predicted molar refractivity (Wildman–Crippen MR) is 462 cm³/mol. The van der Waals surface area contributed by atoms with Crippen LogP contribution in [0, 0.1) is 23.3 Å². The van der Waals surface area contributed by atoms with Crippen LogP contribution in [0.3, 0.4) is 0 Å². The minimum atomic E-state index is -5.00. The van der Waals surface area contributed by atoms with Crippen molar-refractivity contribution in [2.75, 3.05) is 132 Å². The smallest absolute Gasteiger partial charge is 0.382 e. The predicted octanol–water partition coefficient (Wildman–Crippen LogP) is 15.5. The fraction of sp³-hybridized carbons (Fsp3) is 0.407. The largest absolute Gasteiger partial charge is 0.417 e. The number of nitrogens with zero attached hydrogens (tertiary/aromatic N) is 12. The van der Waals surface area contributed by atoms with Crippen molar-refractivity contribution in [3.63, 3.8) is 0 Å². The number of benzene rings is 6. The van der Waals surface area contributed by atoms with Gasteiger partial charge in [0.2, 0.25) is 17.7 Å². The second-order valence-electron chi connectivity index (χ2n) is 30.9. The first-order chi connectivity index (χ1) is 60.7. The average Bonchev–Trinajstić information content (AvgIpc) is 1.20. The molecule has 9 heterocycles. The molecule has 3 aromatic heterocycles. The molecular weight excluding hydrogens is 1810 g/mol. The zero-order valence-electron chi connectivity index (χ0n) is 69.7. The molecule has 42 heteroatoms. The first-order valence-corrected chi connectivity index (χ1v) is 43.6. The standard InChI is InChI=1S/C29H28ClF5N4O4S.C29H29ClF4N4O4S.C28H28F4N4O4S/c1-5-23(40)39-14(2)9-37(10-15(39)3)27-18-6-19(29(33,34)35)24(17-7-20(30)22(32)8-21(17)31)26-25(18)38(28(41)36-27)11-16(12-44-26)43-13-42-4;1-5-23(39)38-15(2)10-36(11-16(38)3)27-19-9-20(29(32,33)34)24(17-6-7-22(31)21(30)8-17)26-25(19)37(28(40)35-27)12-18(13-43-26)42-14-41-4;1-3-22(37)34-8-10-35(11-9-34)26-20-14-21(28(30,31)32)23(17-4-6-18(29)7-5-17)25-24(20)36(27(38)33-26)15-19(16-41-25)40-13-12-39-2/h5-8,14-16H,1,9-13H2,2-4H3;5-9,15-16,18H,1,10-14H2,2-4H3;3-7,14,19H,1,8-13,15-16H2,2H3/t14-,15+,16?;15-,16+,18?;. The van der Waals surface area contributed by atoms with Crippen LogP contribution in [0.4, 0.5) is 74.5 Å². The number of piperazine rings is 3. The lowest BCUT2D eigenvalue weighted by Crippen LogP contribution is -2.58. The molecule has 15 rings (SSSR count). The molecule has 3 saturated heterocycles. The van der Waals surface area contributed by atoms with Crippen LogP contribution in [0.5, 0.6) is 0 Å². The molecule has 6 aliphatic rings. The highest BCUT2D eigenvalue weighted by Crippen LogP contribution is 2.54. The Balaban J connectivity index is 0.000000164. The van der Waals surface area contributed by atoms with E-state index in [1.54, 1.807) is 43.2 Å². The number of amides is 3. The maximum atomic E-state index is 15.3. The van der Waals surface area contributed by atoms with E-state index in [-0.39, 0.29) is 213 Å². The van der Waals surface area contributed by atoms with Crippen molar-refractivity contribution in [2.45, 2.75) is 123 Å². The Morgan fingerprint density at radius 3 is 1.21 bits per heavy atom. The van der Waals surface area contributed by atoms with E-state index in [0.29, 0.717) is 31.3 Å².